The SMILES string of the molecule is FC1(CNc2ncc3c(-c4ccc5nccnc5c4)c[nH]c3n2)CCCCC1. The molecule has 3 heterocycles. The van der Waals surface area contributed by atoms with Crippen LogP contribution in [-0.2, 0) is 0 Å². The number of anilines is 1. The predicted molar refractivity (Wildman–Crippen MR) is 108 cm³/mol. The molecule has 0 amide bonds. The highest BCUT2D eigenvalue weighted by Gasteiger charge is 2.31. The van der Waals surface area contributed by atoms with Crippen LogP contribution in [0.5, 0.6) is 0 Å². The van der Waals surface area contributed by atoms with Crippen LogP contribution in [0.15, 0.2) is 43.0 Å². The maximum atomic E-state index is 14.8. The standard InChI is InChI=1S/C21H21FN6/c22-21(6-2-1-3-7-21)13-27-20-26-12-16-15(11-25-19(16)28-20)14-4-5-17-18(10-14)24-9-8-23-17/h4-5,8-12H,1-3,6-7,13H2,(H2,25,26,27,28). The average molecular weight is 376 g/mol. The van der Waals surface area contributed by atoms with E-state index >= 15 is 0 Å². The molecule has 7 heteroatoms. The molecule has 1 aliphatic rings. The van der Waals surface area contributed by atoms with E-state index in [9.17, 15) is 4.39 Å². The fourth-order valence-corrected chi connectivity index (χ4v) is 3.96. The number of aromatic amines is 1. The minimum atomic E-state index is -1.15. The number of H-pyrrole nitrogens is 1. The van der Waals surface area contributed by atoms with Gasteiger partial charge in [0.15, 0.2) is 0 Å². The van der Waals surface area contributed by atoms with Gasteiger partial charge in [0.1, 0.15) is 11.3 Å². The number of rotatable bonds is 4. The second-order valence-corrected chi connectivity index (χ2v) is 7.48. The molecule has 0 aliphatic heterocycles. The summed E-state index contributed by atoms with van der Waals surface area (Å²) in [7, 11) is 0. The Morgan fingerprint density at radius 2 is 1.86 bits per heavy atom. The molecule has 1 aromatic carbocycles. The first kappa shape index (κ1) is 17.0. The highest BCUT2D eigenvalue weighted by molar-refractivity contribution is 5.95. The minimum Gasteiger partial charge on any atom is -0.351 e. The molecule has 28 heavy (non-hydrogen) atoms. The lowest BCUT2D eigenvalue weighted by molar-refractivity contribution is 0.122. The summed E-state index contributed by atoms with van der Waals surface area (Å²) in [6.07, 6.45) is 11.3. The summed E-state index contributed by atoms with van der Waals surface area (Å²) < 4.78 is 14.8. The van der Waals surface area contributed by atoms with Gasteiger partial charge in [-0.1, -0.05) is 25.3 Å². The summed E-state index contributed by atoms with van der Waals surface area (Å²) in [4.78, 5) is 20.8. The van der Waals surface area contributed by atoms with Crippen molar-refractivity contribution in [1.29, 1.82) is 0 Å². The normalized spacial score (nSPS) is 16.5. The number of benzene rings is 1. The lowest BCUT2D eigenvalue weighted by Gasteiger charge is -2.29. The Kier molecular flexibility index (Phi) is 4.15. The van der Waals surface area contributed by atoms with Crippen molar-refractivity contribution < 1.29 is 4.39 Å². The lowest BCUT2D eigenvalue weighted by atomic mass is 9.86. The van der Waals surface area contributed by atoms with Gasteiger partial charge in [0.25, 0.3) is 0 Å². The van der Waals surface area contributed by atoms with E-state index < -0.39 is 5.67 Å². The van der Waals surface area contributed by atoms with Gasteiger partial charge in [-0.3, -0.25) is 9.97 Å². The lowest BCUT2D eigenvalue weighted by Crippen LogP contribution is -2.34. The smallest absolute Gasteiger partial charge is 0.224 e. The van der Waals surface area contributed by atoms with Crippen molar-refractivity contribution in [1.82, 2.24) is 24.9 Å². The maximum Gasteiger partial charge on any atom is 0.224 e. The summed E-state index contributed by atoms with van der Waals surface area (Å²) in [5.74, 6) is 0.452. The summed E-state index contributed by atoms with van der Waals surface area (Å²) >= 11 is 0. The summed E-state index contributed by atoms with van der Waals surface area (Å²) in [5.41, 5.74) is 3.30. The largest absolute Gasteiger partial charge is 0.351 e. The number of alkyl halides is 1. The van der Waals surface area contributed by atoms with E-state index in [2.05, 4.69) is 30.2 Å². The van der Waals surface area contributed by atoms with E-state index in [4.69, 9.17) is 0 Å². The predicted octanol–water partition coefficient (Wildman–Crippen LogP) is 4.65. The van der Waals surface area contributed by atoms with Crippen LogP contribution in [0.1, 0.15) is 32.1 Å². The molecular weight excluding hydrogens is 355 g/mol. The molecule has 0 unspecified atom stereocenters. The highest BCUT2D eigenvalue weighted by atomic mass is 19.1. The number of fused-ring (bicyclic) bond motifs is 2. The van der Waals surface area contributed by atoms with E-state index in [1.54, 1.807) is 18.6 Å². The van der Waals surface area contributed by atoms with Crippen molar-refractivity contribution in [2.24, 2.45) is 0 Å². The third-order valence-electron chi connectivity index (χ3n) is 5.53. The fraction of sp³-hybridized carbons (Fsp3) is 0.333. The van der Waals surface area contributed by atoms with Gasteiger partial charge in [0.05, 0.1) is 17.6 Å². The van der Waals surface area contributed by atoms with Gasteiger partial charge >= 0.3 is 0 Å². The number of halogens is 1. The van der Waals surface area contributed by atoms with Crippen LogP contribution in [0, 0.1) is 0 Å². The van der Waals surface area contributed by atoms with Crippen molar-refractivity contribution in [2.75, 3.05) is 11.9 Å². The van der Waals surface area contributed by atoms with Crippen LogP contribution in [0.2, 0.25) is 0 Å². The Labute approximate surface area is 161 Å². The third-order valence-corrected chi connectivity index (χ3v) is 5.53. The first-order valence-electron chi connectivity index (χ1n) is 9.68. The van der Waals surface area contributed by atoms with Gasteiger partial charge < -0.3 is 10.3 Å². The topological polar surface area (TPSA) is 79.4 Å². The Morgan fingerprint density at radius 3 is 2.71 bits per heavy atom. The zero-order chi connectivity index (χ0) is 19.0. The number of aromatic nitrogens is 5. The van der Waals surface area contributed by atoms with E-state index in [1.807, 2.05) is 24.4 Å². The minimum absolute atomic E-state index is 0.259. The number of hydrogen-bond acceptors (Lipinski definition) is 5. The fourth-order valence-electron chi connectivity index (χ4n) is 3.96. The summed E-state index contributed by atoms with van der Waals surface area (Å²) in [5, 5.41) is 4.00. The van der Waals surface area contributed by atoms with Crippen molar-refractivity contribution in [3.05, 3.63) is 43.0 Å². The van der Waals surface area contributed by atoms with Gasteiger partial charge in [-0.15, -0.1) is 0 Å². The Bertz CT molecular complexity index is 1130. The van der Waals surface area contributed by atoms with Gasteiger partial charge in [0.2, 0.25) is 5.95 Å². The van der Waals surface area contributed by atoms with Gasteiger partial charge in [-0.05, 0) is 30.5 Å². The molecule has 3 aromatic heterocycles. The first-order chi connectivity index (χ1) is 13.7. The molecule has 1 fully saturated rings. The molecule has 5 rings (SSSR count). The zero-order valence-electron chi connectivity index (χ0n) is 15.5. The van der Waals surface area contributed by atoms with Crippen molar-refractivity contribution in [3.63, 3.8) is 0 Å². The van der Waals surface area contributed by atoms with Crippen LogP contribution in [-0.4, -0.2) is 37.1 Å². The first-order valence-corrected chi connectivity index (χ1v) is 9.68. The molecule has 0 saturated heterocycles. The van der Waals surface area contributed by atoms with Crippen molar-refractivity contribution in [3.8, 4) is 11.1 Å². The molecule has 6 nitrogen and oxygen atoms in total. The Morgan fingerprint density at radius 1 is 1.04 bits per heavy atom. The maximum absolute atomic E-state index is 14.8. The average Bonchev–Trinajstić information content (AvgIpc) is 3.16. The van der Waals surface area contributed by atoms with Crippen LogP contribution in [0.4, 0.5) is 10.3 Å². The summed E-state index contributed by atoms with van der Waals surface area (Å²) in [6, 6.07) is 5.98. The highest BCUT2D eigenvalue weighted by Crippen LogP contribution is 2.32. The number of hydrogen-bond donors (Lipinski definition) is 2. The zero-order valence-corrected chi connectivity index (χ0v) is 15.5. The molecule has 142 valence electrons. The molecule has 1 aliphatic carbocycles. The second-order valence-electron chi connectivity index (χ2n) is 7.48. The molecule has 2 N–H and O–H groups in total. The summed E-state index contributed by atoms with van der Waals surface area (Å²) in [6.45, 7) is 0.259. The molecule has 0 atom stereocenters. The quantitative estimate of drug-likeness (QED) is 0.542. The molecular formula is C21H21FN6. The van der Waals surface area contributed by atoms with E-state index in [1.165, 1.54) is 0 Å². The number of nitrogens with one attached hydrogen (secondary N) is 2. The number of nitrogens with zero attached hydrogens (tertiary/aromatic N) is 4. The Balaban J connectivity index is 1.41. The van der Waals surface area contributed by atoms with E-state index in [0.717, 1.165) is 52.5 Å². The van der Waals surface area contributed by atoms with Gasteiger partial charge in [-0.25, -0.2) is 9.37 Å². The van der Waals surface area contributed by atoms with Crippen LogP contribution in [0.3, 0.4) is 0 Å². The van der Waals surface area contributed by atoms with Crippen LogP contribution in [0.25, 0.3) is 33.2 Å². The Hall–Kier alpha value is -3.09. The van der Waals surface area contributed by atoms with Crippen LogP contribution < -0.4 is 5.32 Å². The molecule has 0 radical (unpaired) electrons. The van der Waals surface area contributed by atoms with Gasteiger partial charge in [-0.2, -0.15) is 4.98 Å². The molecule has 0 spiro atoms. The van der Waals surface area contributed by atoms with Crippen molar-refractivity contribution >= 4 is 28.0 Å². The van der Waals surface area contributed by atoms with E-state index in [-0.39, 0.29) is 6.54 Å². The van der Waals surface area contributed by atoms with Crippen LogP contribution >= 0.6 is 0 Å². The van der Waals surface area contributed by atoms with Gasteiger partial charge in [0, 0.05) is 35.7 Å². The molecule has 0 bridgehead atoms. The molecule has 4 aromatic rings. The monoisotopic (exact) mass is 376 g/mol. The third kappa shape index (κ3) is 3.17. The van der Waals surface area contributed by atoms with Crippen molar-refractivity contribution in [2.45, 2.75) is 37.8 Å². The molecule has 1 saturated carbocycles. The second kappa shape index (κ2) is 6.82. The van der Waals surface area contributed by atoms with E-state index in [0.29, 0.717) is 18.8 Å².